The Bertz CT molecular complexity index is 1580. The van der Waals surface area contributed by atoms with E-state index < -0.39 is 82.9 Å². The molecule has 0 aromatic heterocycles. The number of ether oxygens (including phenoxy) is 5. The molecule has 1 saturated carbocycles. The van der Waals surface area contributed by atoms with Crippen LogP contribution in [-0.2, 0) is 38.1 Å². The van der Waals surface area contributed by atoms with Crippen molar-refractivity contribution in [3.05, 3.63) is 12.2 Å². The Labute approximate surface area is 394 Å². The van der Waals surface area contributed by atoms with Gasteiger partial charge >= 0.3 is 29.6 Å². The molecule has 1 amide bonds. The Morgan fingerprint density at radius 2 is 1.53 bits per heavy atom. The second-order valence-electron chi connectivity index (χ2n) is 20.8. The molecular weight excluding hydrogens is 802 g/mol. The molecule has 348 valence electrons. The van der Waals surface area contributed by atoms with Crippen molar-refractivity contribution in [3.8, 4) is 0 Å². The second-order valence-corrected chi connectivity index (χ2v) is 20.8. The van der Waals surface area contributed by atoms with Crippen molar-refractivity contribution >= 4 is 17.7 Å². The topological polar surface area (TPSA) is 173 Å². The second kappa shape index (κ2) is 20.9. The molecule has 5 aliphatic heterocycles. The number of nitrogens with one attached hydrogen (secondary N) is 1. The standard InChI is InChI=1S/C49H81NO11.Na/c1-11-35(45(54)55)37-20-19-28(4)42(58-37)32(8)40(51)31(7)41(52)36(12-2)43-29(5)27-30(6)48(59-43)24-21-38(50-44(53)34-17-15-14-16-18-34)49(61-48)26-25-46(10,60-49)39-22-23-47(56,13-3)33(9)57-39;/h21,24,28-40,42-43,51,56H,11-20,22-23,25-27H2,1-10H3,(H,50,53)(H,54,55);/q;+1/p-1/t28-,29-,30+,31-,32-,33-,35+,36-,37+,38-,39+,40+,42+,43-,46-,47+,48-,49-;/m0./s1. The van der Waals surface area contributed by atoms with Crippen LogP contribution in [0.25, 0.3) is 0 Å². The van der Waals surface area contributed by atoms with E-state index >= 15 is 0 Å². The van der Waals surface area contributed by atoms with Crippen molar-refractivity contribution in [1.82, 2.24) is 5.32 Å². The number of hydrogen-bond donors (Lipinski definition) is 3. The van der Waals surface area contributed by atoms with Crippen LogP contribution in [0.1, 0.15) is 166 Å². The Morgan fingerprint density at radius 3 is 2.15 bits per heavy atom. The molecule has 0 aromatic rings. The maximum atomic E-state index is 14.7. The third-order valence-electron chi connectivity index (χ3n) is 16.7. The normalized spacial score (nSPS) is 42.7. The summed E-state index contributed by atoms with van der Waals surface area (Å²) in [4.78, 5) is 40.5. The van der Waals surface area contributed by atoms with Gasteiger partial charge in [0.25, 0.3) is 0 Å². The van der Waals surface area contributed by atoms with Gasteiger partial charge in [-0.15, -0.1) is 0 Å². The SMILES string of the molecule is CC[C@@H](C(=O)[C@@H](C)[C@@H](O)[C@H](C)[C@@H]1O[C@@H]([C@@H](CC)C(=O)[O-])CC[C@@H]1C)[C@H]1O[C@]2(C=C[C@H](NC(=O)C3CCCCC3)[C@]3(CC[C@@](C)([C@H]4CC[C@](O)(CC)[C@H](C)O4)O3)O2)[C@H](C)C[C@@H]1C.[Na+]. The third-order valence-corrected chi connectivity index (χ3v) is 16.7. The fraction of sp³-hybridized carbons (Fsp3) is 0.898. The Kier molecular flexibility index (Phi) is 17.6. The van der Waals surface area contributed by atoms with Crippen LogP contribution in [0.3, 0.4) is 0 Å². The van der Waals surface area contributed by atoms with Gasteiger partial charge in [0.15, 0.2) is 11.6 Å². The molecule has 0 bridgehead atoms. The fourth-order valence-corrected chi connectivity index (χ4v) is 12.3. The average Bonchev–Trinajstić information content (AvgIpc) is 3.58. The van der Waals surface area contributed by atoms with E-state index in [1.54, 1.807) is 6.92 Å². The summed E-state index contributed by atoms with van der Waals surface area (Å²) in [5, 5.41) is 38.4. The van der Waals surface area contributed by atoms with E-state index in [-0.39, 0.29) is 77.1 Å². The summed E-state index contributed by atoms with van der Waals surface area (Å²) in [7, 11) is 0. The van der Waals surface area contributed by atoms with E-state index in [1.807, 2.05) is 46.8 Å². The van der Waals surface area contributed by atoms with Crippen LogP contribution in [0.4, 0.5) is 0 Å². The summed E-state index contributed by atoms with van der Waals surface area (Å²) < 4.78 is 34.7. The number of Topliss-reactive ketones (excluding diaryl/α,β-unsaturated/α-hetero) is 1. The molecule has 2 spiro atoms. The summed E-state index contributed by atoms with van der Waals surface area (Å²) in [5.41, 5.74) is -1.66. The Hall–Kier alpha value is -0.930. The van der Waals surface area contributed by atoms with Gasteiger partial charge in [-0.25, -0.2) is 0 Å². The molecular formula is C49H80NNaO11. The molecule has 6 rings (SSSR count). The number of carbonyl (C=O) groups excluding carboxylic acids is 3. The summed E-state index contributed by atoms with van der Waals surface area (Å²) in [6.45, 7) is 19.7. The first-order valence-electron chi connectivity index (χ1n) is 24.3. The molecule has 5 fully saturated rings. The zero-order valence-corrected chi connectivity index (χ0v) is 42.0. The molecule has 5 heterocycles. The fourth-order valence-electron chi connectivity index (χ4n) is 12.3. The van der Waals surface area contributed by atoms with Crippen molar-refractivity contribution in [2.45, 2.75) is 231 Å². The number of ketones is 1. The molecule has 1 aliphatic carbocycles. The molecule has 6 aliphatic rings. The van der Waals surface area contributed by atoms with Crippen molar-refractivity contribution in [2.75, 3.05) is 0 Å². The predicted molar refractivity (Wildman–Crippen MR) is 229 cm³/mol. The molecule has 18 atom stereocenters. The minimum atomic E-state index is -1.27. The van der Waals surface area contributed by atoms with Gasteiger partial charge < -0.3 is 49.1 Å². The number of rotatable bonds is 14. The quantitative estimate of drug-likeness (QED) is 0.172. The van der Waals surface area contributed by atoms with E-state index in [1.165, 1.54) is 0 Å². The van der Waals surface area contributed by atoms with Gasteiger partial charge in [0.05, 0.1) is 47.8 Å². The molecule has 0 radical (unpaired) electrons. The maximum Gasteiger partial charge on any atom is 1.00 e. The summed E-state index contributed by atoms with van der Waals surface area (Å²) in [6.07, 6.45) is 11.7. The first kappa shape index (κ1) is 52.0. The number of amides is 1. The van der Waals surface area contributed by atoms with Crippen LogP contribution in [0.2, 0.25) is 0 Å². The van der Waals surface area contributed by atoms with Crippen LogP contribution in [0.5, 0.6) is 0 Å². The van der Waals surface area contributed by atoms with Crippen molar-refractivity contribution in [3.63, 3.8) is 0 Å². The molecule has 0 aromatic carbocycles. The van der Waals surface area contributed by atoms with E-state index in [0.717, 1.165) is 38.5 Å². The first-order chi connectivity index (χ1) is 28.8. The van der Waals surface area contributed by atoms with E-state index in [2.05, 4.69) is 33.0 Å². The van der Waals surface area contributed by atoms with E-state index in [0.29, 0.717) is 57.8 Å². The van der Waals surface area contributed by atoms with Gasteiger partial charge in [-0.05, 0) is 102 Å². The minimum Gasteiger partial charge on any atom is -0.550 e. The van der Waals surface area contributed by atoms with Crippen molar-refractivity contribution < 1.29 is 82.9 Å². The summed E-state index contributed by atoms with van der Waals surface area (Å²) in [6, 6.07) is -0.583. The molecule has 13 heteroatoms. The van der Waals surface area contributed by atoms with Crippen LogP contribution >= 0.6 is 0 Å². The Balaban J connectivity index is 0.00000726. The van der Waals surface area contributed by atoms with Gasteiger partial charge in [0.2, 0.25) is 5.91 Å². The minimum absolute atomic E-state index is 0. The van der Waals surface area contributed by atoms with Gasteiger partial charge in [0, 0.05) is 47.9 Å². The molecule has 62 heavy (non-hydrogen) atoms. The van der Waals surface area contributed by atoms with Crippen LogP contribution in [0.15, 0.2) is 12.2 Å². The predicted octanol–water partition coefficient (Wildman–Crippen LogP) is 3.56. The van der Waals surface area contributed by atoms with Gasteiger partial charge in [-0.1, -0.05) is 80.7 Å². The van der Waals surface area contributed by atoms with Crippen molar-refractivity contribution in [2.24, 2.45) is 47.3 Å². The van der Waals surface area contributed by atoms with E-state index in [9.17, 15) is 29.7 Å². The van der Waals surface area contributed by atoms with Crippen molar-refractivity contribution in [1.29, 1.82) is 0 Å². The van der Waals surface area contributed by atoms with Gasteiger partial charge in [-0.3, -0.25) is 9.59 Å². The molecule has 3 N–H and O–H groups in total. The van der Waals surface area contributed by atoms with Crippen LogP contribution in [0, 0.1) is 47.3 Å². The van der Waals surface area contributed by atoms with Gasteiger partial charge in [0.1, 0.15) is 11.8 Å². The molecule has 0 unspecified atom stereocenters. The number of carbonyl (C=O) groups is 3. The zero-order valence-electron chi connectivity index (χ0n) is 40.0. The number of aliphatic hydroxyl groups is 2. The number of aliphatic hydroxyl groups excluding tert-OH is 1. The first-order valence-corrected chi connectivity index (χ1v) is 24.3. The average molecular weight is 882 g/mol. The van der Waals surface area contributed by atoms with Gasteiger partial charge in [-0.2, -0.15) is 0 Å². The smallest absolute Gasteiger partial charge is 0.550 e. The van der Waals surface area contributed by atoms with Crippen LogP contribution < -0.4 is 40.0 Å². The number of aliphatic carboxylic acids is 1. The summed E-state index contributed by atoms with van der Waals surface area (Å²) in [5.74, 6) is -6.25. The number of carboxylic acid groups (broad SMARTS) is 1. The number of hydrogen-bond acceptors (Lipinski definition) is 11. The zero-order chi connectivity index (χ0) is 44.7. The third kappa shape index (κ3) is 10.3. The molecule has 4 saturated heterocycles. The largest absolute Gasteiger partial charge is 1.00 e. The summed E-state index contributed by atoms with van der Waals surface area (Å²) >= 11 is 0. The monoisotopic (exact) mass is 882 g/mol. The van der Waals surface area contributed by atoms with E-state index in [4.69, 9.17) is 23.7 Å². The molecule has 12 nitrogen and oxygen atoms in total. The van der Waals surface area contributed by atoms with Crippen LogP contribution in [-0.4, -0.2) is 93.3 Å². The number of carboxylic acids is 1. The maximum absolute atomic E-state index is 14.7. The Morgan fingerprint density at radius 1 is 0.855 bits per heavy atom.